The molecule has 4 heteroatoms. The van der Waals surface area contributed by atoms with Crippen molar-refractivity contribution >= 4 is 5.82 Å². The van der Waals surface area contributed by atoms with Gasteiger partial charge in [-0.1, -0.05) is 19.9 Å². The van der Waals surface area contributed by atoms with E-state index in [9.17, 15) is 0 Å². The van der Waals surface area contributed by atoms with Crippen molar-refractivity contribution in [1.29, 1.82) is 0 Å². The molecule has 20 heavy (non-hydrogen) atoms. The minimum Gasteiger partial charge on any atom is -0.355 e. The summed E-state index contributed by atoms with van der Waals surface area (Å²) in [5.74, 6) is 0.991. The summed E-state index contributed by atoms with van der Waals surface area (Å²) in [5, 5.41) is 3.39. The normalized spacial score (nSPS) is 10.8. The second-order valence-corrected chi connectivity index (χ2v) is 5.23. The van der Waals surface area contributed by atoms with Gasteiger partial charge in [-0.05, 0) is 29.8 Å². The average molecular weight is 270 g/mol. The lowest BCUT2D eigenvalue weighted by Crippen LogP contribution is -2.23. The van der Waals surface area contributed by atoms with Crippen LogP contribution in [-0.2, 0) is 13.1 Å². The molecule has 0 radical (unpaired) electrons. The van der Waals surface area contributed by atoms with E-state index >= 15 is 0 Å². The molecule has 0 aliphatic rings. The van der Waals surface area contributed by atoms with E-state index in [1.807, 2.05) is 30.6 Å². The number of aromatic nitrogens is 2. The Hall–Kier alpha value is -1.94. The lowest BCUT2D eigenvalue weighted by molar-refractivity contribution is 0.581. The zero-order valence-corrected chi connectivity index (χ0v) is 12.4. The Kier molecular flexibility index (Phi) is 5.07. The quantitative estimate of drug-likeness (QED) is 0.876. The fraction of sp³-hybridized carbons (Fsp3) is 0.375. The van der Waals surface area contributed by atoms with Crippen molar-refractivity contribution < 1.29 is 0 Å². The summed E-state index contributed by atoms with van der Waals surface area (Å²) >= 11 is 0. The van der Waals surface area contributed by atoms with Gasteiger partial charge in [0.2, 0.25) is 0 Å². The number of nitrogens with one attached hydrogen (secondary N) is 1. The summed E-state index contributed by atoms with van der Waals surface area (Å²) in [6.45, 7) is 5.91. The van der Waals surface area contributed by atoms with Crippen LogP contribution in [0.25, 0.3) is 0 Å². The fourth-order valence-corrected chi connectivity index (χ4v) is 1.93. The van der Waals surface area contributed by atoms with Crippen molar-refractivity contribution in [2.75, 3.05) is 11.9 Å². The van der Waals surface area contributed by atoms with Gasteiger partial charge in [0, 0.05) is 38.6 Å². The van der Waals surface area contributed by atoms with Crippen molar-refractivity contribution in [3.05, 3.63) is 54.0 Å². The molecule has 1 N–H and O–H groups in total. The van der Waals surface area contributed by atoms with Gasteiger partial charge in [-0.15, -0.1) is 0 Å². The van der Waals surface area contributed by atoms with Crippen LogP contribution in [0, 0.1) is 0 Å². The zero-order chi connectivity index (χ0) is 14.4. The first-order valence-corrected chi connectivity index (χ1v) is 6.94. The van der Waals surface area contributed by atoms with Crippen LogP contribution in [0.15, 0.2) is 42.7 Å². The molecule has 106 valence electrons. The molecule has 0 atom stereocenters. The van der Waals surface area contributed by atoms with E-state index in [2.05, 4.69) is 53.2 Å². The van der Waals surface area contributed by atoms with E-state index in [0.29, 0.717) is 6.04 Å². The molecule has 0 unspecified atom stereocenters. The molecule has 0 aliphatic carbocycles. The molecule has 0 amide bonds. The molecule has 0 aliphatic heterocycles. The van der Waals surface area contributed by atoms with Crippen molar-refractivity contribution in [2.24, 2.45) is 0 Å². The van der Waals surface area contributed by atoms with Crippen LogP contribution in [0.2, 0.25) is 0 Å². The van der Waals surface area contributed by atoms with E-state index in [1.165, 1.54) is 5.56 Å². The first kappa shape index (κ1) is 14.5. The molecule has 2 aromatic heterocycles. The molecule has 2 aromatic rings. The molecule has 2 rings (SSSR count). The highest BCUT2D eigenvalue weighted by atomic mass is 15.2. The van der Waals surface area contributed by atoms with Crippen LogP contribution in [0.1, 0.15) is 25.1 Å². The monoisotopic (exact) mass is 270 g/mol. The summed E-state index contributed by atoms with van der Waals surface area (Å²) in [5.41, 5.74) is 2.30. The topological polar surface area (TPSA) is 41.0 Å². The van der Waals surface area contributed by atoms with Crippen molar-refractivity contribution in [3.63, 3.8) is 0 Å². The Morgan fingerprint density at radius 1 is 1.15 bits per heavy atom. The first-order valence-electron chi connectivity index (χ1n) is 6.94. The number of pyridine rings is 2. The largest absolute Gasteiger partial charge is 0.355 e. The van der Waals surface area contributed by atoms with Gasteiger partial charge in [0.25, 0.3) is 0 Å². The highest BCUT2D eigenvalue weighted by Gasteiger charge is 2.05. The van der Waals surface area contributed by atoms with Crippen LogP contribution >= 0.6 is 0 Å². The van der Waals surface area contributed by atoms with E-state index in [1.54, 1.807) is 0 Å². The number of hydrogen-bond acceptors (Lipinski definition) is 4. The van der Waals surface area contributed by atoms with E-state index < -0.39 is 0 Å². The predicted molar refractivity (Wildman–Crippen MR) is 82.6 cm³/mol. The van der Waals surface area contributed by atoms with E-state index in [4.69, 9.17) is 0 Å². The summed E-state index contributed by atoms with van der Waals surface area (Å²) < 4.78 is 0. The molecule has 0 saturated heterocycles. The minimum absolute atomic E-state index is 0.468. The summed E-state index contributed by atoms with van der Waals surface area (Å²) in [7, 11) is 2.06. The van der Waals surface area contributed by atoms with E-state index in [-0.39, 0.29) is 0 Å². The second kappa shape index (κ2) is 7.01. The van der Waals surface area contributed by atoms with Gasteiger partial charge in [-0.25, -0.2) is 4.98 Å². The Labute approximate surface area is 120 Å². The van der Waals surface area contributed by atoms with Crippen LogP contribution in [0.5, 0.6) is 0 Å². The summed E-state index contributed by atoms with van der Waals surface area (Å²) in [4.78, 5) is 10.9. The van der Waals surface area contributed by atoms with Gasteiger partial charge in [0.15, 0.2) is 0 Å². The minimum atomic E-state index is 0.468. The first-order chi connectivity index (χ1) is 9.65. The smallest absolute Gasteiger partial charge is 0.128 e. The Bertz CT molecular complexity index is 525. The zero-order valence-electron chi connectivity index (χ0n) is 12.4. The SMILES string of the molecule is CC(C)NCc1cccc(N(C)Cc2ccncc2)n1. The molecule has 0 spiro atoms. The molecule has 0 fully saturated rings. The summed E-state index contributed by atoms with van der Waals surface area (Å²) in [6, 6.07) is 10.7. The average Bonchev–Trinajstić information content (AvgIpc) is 2.46. The van der Waals surface area contributed by atoms with Gasteiger partial charge < -0.3 is 10.2 Å². The van der Waals surface area contributed by atoms with Crippen molar-refractivity contribution in [2.45, 2.75) is 33.0 Å². The maximum Gasteiger partial charge on any atom is 0.128 e. The third-order valence-electron chi connectivity index (χ3n) is 3.04. The van der Waals surface area contributed by atoms with Gasteiger partial charge >= 0.3 is 0 Å². The maximum atomic E-state index is 4.69. The van der Waals surface area contributed by atoms with Gasteiger partial charge in [-0.3, -0.25) is 4.98 Å². The standard InChI is InChI=1S/C16H22N4/c1-13(2)18-11-15-5-4-6-16(19-15)20(3)12-14-7-9-17-10-8-14/h4-10,13,18H,11-12H2,1-3H3. The Morgan fingerprint density at radius 3 is 2.60 bits per heavy atom. The highest BCUT2D eigenvalue weighted by molar-refractivity contribution is 5.39. The number of nitrogens with zero attached hydrogens (tertiary/aromatic N) is 3. The molecule has 0 saturated carbocycles. The second-order valence-electron chi connectivity index (χ2n) is 5.23. The number of rotatable bonds is 6. The predicted octanol–water partition coefficient (Wildman–Crippen LogP) is 2.61. The van der Waals surface area contributed by atoms with E-state index in [0.717, 1.165) is 24.6 Å². The Balaban J connectivity index is 2.02. The number of hydrogen-bond donors (Lipinski definition) is 1. The lowest BCUT2D eigenvalue weighted by Gasteiger charge is -2.19. The summed E-state index contributed by atoms with van der Waals surface area (Å²) in [6.07, 6.45) is 3.64. The Morgan fingerprint density at radius 2 is 1.90 bits per heavy atom. The van der Waals surface area contributed by atoms with Crippen molar-refractivity contribution in [3.8, 4) is 0 Å². The van der Waals surface area contributed by atoms with Gasteiger partial charge in [-0.2, -0.15) is 0 Å². The molecule has 4 nitrogen and oxygen atoms in total. The fourth-order valence-electron chi connectivity index (χ4n) is 1.93. The van der Waals surface area contributed by atoms with Gasteiger partial charge in [0.1, 0.15) is 5.82 Å². The lowest BCUT2D eigenvalue weighted by atomic mass is 10.2. The highest BCUT2D eigenvalue weighted by Crippen LogP contribution is 2.13. The third-order valence-corrected chi connectivity index (χ3v) is 3.04. The molecule has 2 heterocycles. The van der Waals surface area contributed by atoms with Crippen LogP contribution in [0.4, 0.5) is 5.82 Å². The third kappa shape index (κ3) is 4.31. The van der Waals surface area contributed by atoms with Crippen LogP contribution in [0.3, 0.4) is 0 Å². The molecule has 0 bridgehead atoms. The maximum absolute atomic E-state index is 4.69. The molecule has 0 aromatic carbocycles. The van der Waals surface area contributed by atoms with Gasteiger partial charge in [0.05, 0.1) is 5.69 Å². The van der Waals surface area contributed by atoms with Crippen LogP contribution < -0.4 is 10.2 Å². The molecular formula is C16H22N4. The van der Waals surface area contributed by atoms with Crippen molar-refractivity contribution in [1.82, 2.24) is 15.3 Å². The van der Waals surface area contributed by atoms with Crippen LogP contribution in [-0.4, -0.2) is 23.1 Å². The molecular weight excluding hydrogens is 248 g/mol. The number of anilines is 1.